The van der Waals surface area contributed by atoms with Gasteiger partial charge in [-0.25, -0.2) is 9.97 Å². The Morgan fingerprint density at radius 1 is 1.29 bits per heavy atom. The summed E-state index contributed by atoms with van der Waals surface area (Å²) in [4.78, 5) is 20.6. The number of aromatic nitrogens is 2. The molecule has 0 fully saturated rings. The third kappa shape index (κ3) is 3.40. The fourth-order valence-corrected chi connectivity index (χ4v) is 3.69. The number of pyridine rings is 1. The second-order valence-corrected chi connectivity index (χ2v) is 6.71. The smallest absolute Gasteiger partial charge is 0.235 e. The van der Waals surface area contributed by atoms with Crippen LogP contribution in [0.2, 0.25) is 0 Å². The molecule has 0 saturated heterocycles. The van der Waals surface area contributed by atoms with Crippen LogP contribution in [0.1, 0.15) is 5.56 Å². The Bertz CT molecular complexity index is 752. The molecular formula is C15H13N3OS2. The first kappa shape index (κ1) is 14.0. The highest BCUT2D eigenvalue weighted by Crippen LogP contribution is 2.29. The Labute approximate surface area is 130 Å². The fourth-order valence-electron chi connectivity index (χ4n) is 1.82. The van der Waals surface area contributed by atoms with Gasteiger partial charge in [0, 0.05) is 6.20 Å². The van der Waals surface area contributed by atoms with E-state index in [1.54, 1.807) is 17.5 Å². The Hall–Kier alpha value is -1.92. The van der Waals surface area contributed by atoms with Gasteiger partial charge in [-0.3, -0.25) is 4.79 Å². The van der Waals surface area contributed by atoms with Crippen molar-refractivity contribution in [3.8, 4) is 0 Å². The van der Waals surface area contributed by atoms with Crippen LogP contribution >= 0.6 is 23.1 Å². The van der Waals surface area contributed by atoms with Gasteiger partial charge in [-0.2, -0.15) is 0 Å². The number of nitrogens with zero attached hydrogens (tertiary/aromatic N) is 2. The summed E-state index contributed by atoms with van der Waals surface area (Å²) in [5.74, 6) is 0.879. The molecule has 6 heteroatoms. The van der Waals surface area contributed by atoms with Gasteiger partial charge in [0.15, 0.2) is 4.34 Å². The van der Waals surface area contributed by atoms with E-state index in [1.165, 1.54) is 11.8 Å². The highest BCUT2D eigenvalue weighted by molar-refractivity contribution is 8.01. The van der Waals surface area contributed by atoms with Crippen molar-refractivity contribution in [3.05, 3.63) is 48.2 Å². The monoisotopic (exact) mass is 315 g/mol. The molecule has 0 aliphatic heterocycles. The number of hydrogen-bond acceptors (Lipinski definition) is 5. The summed E-state index contributed by atoms with van der Waals surface area (Å²) in [6.07, 6.45) is 1.67. The van der Waals surface area contributed by atoms with E-state index in [9.17, 15) is 4.79 Å². The van der Waals surface area contributed by atoms with Crippen molar-refractivity contribution in [1.82, 2.24) is 9.97 Å². The average Bonchev–Trinajstić information content (AvgIpc) is 2.90. The van der Waals surface area contributed by atoms with Crippen LogP contribution < -0.4 is 5.32 Å². The van der Waals surface area contributed by atoms with Crippen molar-refractivity contribution in [2.45, 2.75) is 11.3 Å². The summed E-state index contributed by atoms with van der Waals surface area (Å²) in [5.41, 5.74) is 1.93. The number of aryl methyl sites for hydroxylation is 1. The highest BCUT2D eigenvalue weighted by atomic mass is 32.2. The molecule has 106 valence electrons. The lowest BCUT2D eigenvalue weighted by molar-refractivity contribution is -0.113. The van der Waals surface area contributed by atoms with Crippen molar-refractivity contribution in [3.63, 3.8) is 0 Å². The molecule has 3 aromatic rings. The lowest BCUT2D eigenvalue weighted by Gasteiger charge is -2.05. The third-order valence-corrected chi connectivity index (χ3v) is 5.05. The number of fused-ring (bicyclic) bond motifs is 1. The molecule has 0 saturated carbocycles. The molecule has 0 bridgehead atoms. The van der Waals surface area contributed by atoms with Crippen LogP contribution in [0.5, 0.6) is 0 Å². The zero-order valence-corrected chi connectivity index (χ0v) is 13.0. The maximum Gasteiger partial charge on any atom is 0.235 e. The number of nitrogens with one attached hydrogen (secondary N) is 1. The zero-order valence-electron chi connectivity index (χ0n) is 11.4. The van der Waals surface area contributed by atoms with E-state index in [1.807, 2.05) is 43.3 Å². The molecule has 0 unspecified atom stereocenters. The lowest BCUT2D eigenvalue weighted by atomic mass is 10.3. The van der Waals surface area contributed by atoms with E-state index in [0.29, 0.717) is 11.6 Å². The van der Waals surface area contributed by atoms with Crippen LogP contribution in [0, 0.1) is 6.92 Å². The Balaban J connectivity index is 1.62. The minimum Gasteiger partial charge on any atom is -0.310 e. The van der Waals surface area contributed by atoms with Gasteiger partial charge in [0.2, 0.25) is 5.91 Å². The fraction of sp³-hybridized carbons (Fsp3) is 0.133. The molecule has 2 aromatic heterocycles. The summed E-state index contributed by atoms with van der Waals surface area (Å²) in [7, 11) is 0. The van der Waals surface area contributed by atoms with Crippen LogP contribution in [0.15, 0.2) is 46.9 Å². The molecule has 4 nitrogen and oxygen atoms in total. The van der Waals surface area contributed by atoms with E-state index in [4.69, 9.17) is 0 Å². The predicted molar refractivity (Wildman–Crippen MR) is 87.9 cm³/mol. The van der Waals surface area contributed by atoms with E-state index >= 15 is 0 Å². The van der Waals surface area contributed by atoms with Crippen molar-refractivity contribution >= 4 is 45.0 Å². The summed E-state index contributed by atoms with van der Waals surface area (Å²) >= 11 is 3.05. The number of carbonyl (C=O) groups is 1. The average molecular weight is 315 g/mol. The summed E-state index contributed by atoms with van der Waals surface area (Å²) < 4.78 is 2.05. The number of hydrogen-bond donors (Lipinski definition) is 1. The number of amides is 1. The first-order chi connectivity index (χ1) is 10.2. The van der Waals surface area contributed by atoms with Crippen molar-refractivity contribution in [1.29, 1.82) is 0 Å². The van der Waals surface area contributed by atoms with E-state index < -0.39 is 0 Å². The second kappa shape index (κ2) is 6.24. The van der Waals surface area contributed by atoms with Crippen LogP contribution in [0.4, 0.5) is 5.82 Å². The molecule has 1 N–H and O–H groups in total. The molecule has 3 rings (SSSR count). The Kier molecular flexibility index (Phi) is 4.17. The molecule has 1 amide bonds. The molecule has 21 heavy (non-hydrogen) atoms. The minimum absolute atomic E-state index is 0.0685. The van der Waals surface area contributed by atoms with E-state index in [2.05, 4.69) is 15.3 Å². The van der Waals surface area contributed by atoms with Gasteiger partial charge in [0.1, 0.15) is 5.82 Å². The van der Waals surface area contributed by atoms with Crippen molar-refractivity contribution in [2.75, 3.05) is 11.1 Å². The van der Waals surface area contributed by atoms with Gasteiger partial charge in [-0.1, -0.05) is 30.0 Å². The predicted octanol–water partition coefficient (Wildman–Crippen LogP) is 3.73. The van der Waals surface area contributed by atoms with Gasteiger partial charge in [0.25, 0.3) is 0 Å². The van der Waals surface area contributed by atoms with Gasteiger partial charge < -0.3 is 5.32 Å². The third-order valence-electron chi connectivity index (χ3n) is 2.87. The number of benzene rings is 1. The second-order valence-electron chi connectivity index (χ2n) is 4.45. The quantitative estimate of drug-likeness (QED) is 0.745. The molecular weight excluding hydrogens is 302 g/mol. The van der Waals surface area contributed by atoms with Crippen LogP contribution in [0.3, 0.4) is 0 Å². The van der Waals surface area contributed by atoms with Crippen LogP contribution in [-0.2, 0) is 4.79 Å². The summed E-state index contributed by atoms with van der Waals surface area (Å²) in [5, 5.41) is 2.82. The molecule has 0 radical (unpaired) electrons. The van der Waals surface area contributed by atoms with Gasteiger partial charge in [0.05, 0.1) is 16.0 Å². The Morgan fingerprint density at radius 2 is 2.14 bits per heavy atom. The maximum absolute atomic E-state index is 12.0. The first-order valence-corrected chi connectivity index (χ1v) is 8.22. The lowest BCUT2D eigenvalue weighted by Crippen LogP contribution is -2.15. The molecule has 2 heterocycles. The standard InChI is InChI=1S/C15H13N3OS2/c1-10-5-4-8-16-14(10)18-13(19)9-20-15-17-11-6-2-3-7-12(11)21-15/h2-8H,9H2,1H3,(H,16,18,19). The van der Waals surface area contributed by atoms with E-state index in [-0.39, 0.29) is 5.91 Å². The normalized spacial score (nSPS) is 10.7. The summed E-state index contributed by atoms with van der Waals surface area (Å²) in [6, 6.07) is 11.7. The van der Waals surface area contributed by atoms with E-state index in [0.717, 1.165) is 20.1 Å². The minimum atomic E-state index is -0.0685. The first-order valence-electron chi connectivity index (χ1n) is 6.42. The Morgan fingerprint density at radius 3 is 2.95 bits per heavy atom. The molecule has 0 spiro atoms. The zero-order chi connectivity index (χ0) is 14.7. The number of rotatable bonds is 4. The number of carbonyl (C=O) groups excluding carboxylic acids is 1. The molecule has 0 aliphatic rings. The molecule has 0 atom stereocenters. The number of thiazole rings is 1. The van der Waals surface area contributed by atoms with Crippen molar-refractivity contribution < 1.29 is 4.79 Å². The van der Waals surface area contributed by atoms with Crippen LogP contribution in [0.25, 0.3) is 10.2 Å². The topological polar surface area (TPSA) is 54.9 Å². The number of thioether (sulfide) groups is 1. The van der Waals surface area contributed by atoms with Crippen molar-refractivity contribution in [2.24, 2.45) is 0 Å². The van der Waals surface area contributed by atoms with Crippen LogP contribution in [-0.4, -0.2) is 21.6 Å². The van der Waals surface area contributed by atoms with Gasteiger partial charge in [-0.15, -0.1) is 11.3 Å². The maximum atomic E-state index is 12.0. The molecule has 1 aromatic carbocycles. The SMILES string of the molecule is Cc1cccnc1NC(=O)CSc1nc2ccccc2s1. The molecule has 0 aliphatic carbocycles. The number of para-hydroxylation sites is 1. The van der Waals surface area contributed by atoms with Gasteiger partial charge in [-0.05, 0) is 30.7 Å². The largest absolute Gasteiger partial charge is 0.310 e. The van der Waals surface area contributed by atoms with Gasteiger partial charge >= 0.3 is 0 Å². The highest BCUT2D eigenvalue weighted by Gasteiger charge is 2.09. The summed E-state index contributed by atoms with van der Waals surface area (Å²) in [6.45, 7) is 1.92. The number of anilines is 1.